The number of thiazole rings is 1. The second kappa shape index (κ2) is 7.52. The molecule has 0 aliphatic rings. The van der Waals surface area contributed by atoms with Gasteiger partial charge in [0.1, 0.15) is 5.82 Å². The Labute approximate surface area is 131 Å². The smallest absolute Gasteiger partial charge is 0.128 e. The van der Waals surface area contributed by atoms with Crippen LogP contribution in [0.2, 0.25) is 0 Å². The van der Waals surface area contributed by atoms with Gasteiger partial charge in [0.15, 0.2) is 0 Å². The van der Waals surface area contributed by atoms with Crippen molar-refractivity contribution in [1.29, 1.82) is 0 Å². The lowest BCUT2D eigenvalue weighted by Gasteiger charge is -2.19. The molecule has 0 unspecified atom stereocenters. The molecule has 5 heteroatoms. The predicted octanol–water partition coefficient (Wildman–Crippen LogP) is 3.29. The van der Waals surface area contributed by atoms with Crippen LogP contribution < -0.4 is 10.2 Å². The minimum absolute atomic E-state index is 0.858. The van der Waals surface area contributed by atoms with Gasteiger partial charge in [-0.2, -0.15) is 0 Å². The molecule has 0 aliphatic heterocycles. The number of rotatable bonds is 7. The Bertz CT molecular complexity index is 579. The Morgan fingerprint density at radius 1 is 1.24 bits per heavy atom. The highest BCUT2D eigenvalue weighted by atomic mass is 32.1. The number of pyridine rings is 1. The average Bonchev–Trinajstić information content (AvgIpc) is 2.86. The van der Waals surface area contributed by atoms with Gasteiger partial charge in [0.25, 0.3) is 0 Å². The van der Waals surface area contributed by atoms with E-state index in [1.165, 1.54) is 10.4 Å². The summed E-state index contributed by atoms with van der Waals surface area (Å²) in [6, 6.07) is 4.28. The molecule has 2 aromatic rings. The van der Waals surface area contributed by atoms with E-state index in [9.17, 15) is 0 Å². The lowest BCUT2D eigenvalue weighted by molar-refractivity contribution is 0.670. The first kappa shape index (κ1) is 15.9. The fraction of sp³-hybridized carbons (Fsp3) is 0.500. The normalized spacial score (nSPS) is 10.9. The van der Waals surface area contributed by atoms with Crippen LogP contribution in [0.15, 0.2) is 17.6 Å². The molecular weight excluding hydrogens is 280 g/mol. The van der Waals surface area contributed by atoms with Gasteiger partial charge in [-0.05, 0) is 38.4 Å². The molecule has 2 rings (SSSR count). The van der Waals surface area contributed by atoms with E-state index in [4.69, 9.17) is 4.98 Å². The van der Waals surface area contributed by atoms with Gasteiger partial charge >= 0.3 is 0 Å². The molecule has 0 aliphatic carbocycles. The van der Waals surface area contributed by atoms with Crippen molar-refractivity contribution in [2.24, 2.45) is 0 Å². The van der Waals surface area contributed by atoms with Crippen molar-refractivity contribution in [2.75, 3.05) is 18.5 Å². The second-order valence-corrected chi connectivity index (χ2v) is 6.25. The van der Waals surface area contributed by atoms with Crippen LogP contribution in [0.3, 0.4) is 0 Å². The van der Waals surface area contributed by atoms with Gasteiger partial charge < -0.3 is 10.2 Å². The Morgan fingerprint density at radius 3 is 2.67 bits per heavy atom. The highest BCUT2D eigenvalue weighted by Gasteiger charge is 2.09. The zero-order chi connectivity index (χ0) is 15.2. The van der Waals surface area contributed by atoms with Crippen LogP contribution in [-0.2, 0) is 13.1 Å². The van der Waals surface area contributed by atoms with E-state index in [1.54, 1.807) is 11.3 Å². The monoisotopic (exact) mass is 304 g/mol. The molecule has 2 heterocycles. The number of nitrogens with one attached hydrogen (secondary N) is 1. The molecular formula is C16H24N4S. The highest BCUT2D eigenvalue weighted by molar-refractivity contribution is 7.09. The third-order valence-corrected chi connectivity index (χ3v) is 4.46. The predicted molar refractivity (Wildman–Crippen MR) is 89.9 cm³/mol. The Kier molecular flexibility index (Phi) is 5.70. The van der Waals surface area contributed by atoms with E-state index in [-0.39, 0.29) is 0 Å². The fourth-order valence-corrected chi connectivity index (χ4v) is 2.98. The number of nitrogens with zero attached hydrogens (tertiary/aromatic N) is 3. The maximum absolute atomic E-state index is 4.73. The first-order valence-electron chi connectivity index (χ1n) is 7.39. The summed E-state index contributed by atoms with van der Waals surface area (Å²) in [5, 5.41) is 3.42. The largest absolute Gasteiger partial charge is 0.354 e. The summed E-state index contributed by atoms with van der Waals surface area (Å²) >= 11 is 1.70. The standard InChI is InChI=1S/C16H24N4S/c1-5-8-17-9-14-6-7-16(19-12(14)2)20(4)10-15-13(3)18-11-21-15/h6-7,11,17H,5,8-10H2,1-4H3. The Hall–Kier alpha value is -1.46. The molecule has 2 aromatic heterocycles. The van der Waals surface area contributed by atoms with Crippen LogP contribution in [-0.4, -0.2) is 23.6 Å². The van der Waals surface area contributed by atoms with Gasteiger partial charge in [0, 0.05) is 24.2 Å². The molecule has 0 atom stereocenters. The molecule has 21 heavy (non-hydrogen) atoms. The highest BCUT2D eigenvalue weighted by Crippen LogP contribution is 2.19. The quantitative estimate of drug-likeness (QED) is 0.797. The summed E-state index contributed by atoms with van der Waals surface area (Å²) < 4.78 is 0. The molecule has 0 spiro atoms. The molecule has 0 amide bonds. The summed E-state index contributed by atoms with van der Waals surface area (Å²) in [7, 11) is 2.08. The number of hydrogen-bond acceptors (Lipinski definition) is 5. The minimum Gasteiger partial charge on any atom is -0.354 e. The van der Waals surface area contributed by atoms with Gasteiger partial charge in [-0.15, -0.1) is 11.3 Å². The van der Waals surface area contributed by atoms with Gasteiger partial charge in [-0.3, -0.25) is 0 Å². The fourth-order valence-electron chi connectivity index (χ4n) is 2.15. The summed E-state index contributed by atoms with van der Waals surface area (Å²) in [5.74, 6) is 1.01. The number of anilines is 1. The van der Waals surface area contributed by atoms with Crippen molar-refractivity contribution in [3.63, 3.8) is 0 Å². The van der Waals surface area contributed by atoms with Gasteiger partial charge in [0.2, 0.25) is 0 Å². The van der Waals surface area contributed by atoms with E-state index in [2.05, 4.69) is 55.2 Å². The van der Waals surface area contributed by atoms with Crippen LogP contribution in [0.1, 0.15) is 35.2 Å². The van der Waals surface area contributed by atoms with E-state index in [0.717, 1.165) is 43.3 Å². The number of aryl methyl sites for hydroxylation is 2. The Balaban J connectivity index is 2.03. The summed E-state index contributed by atoms with van der Waals surface area (Å²) in [4.78, 5) is 12.5. The molecule has 4 nitrogen and oxygen atoms in total. The van der Waals surface area contributed by atoms with Crippen LogP contribution in [0.5, 0.6) is 0 Å². The molecule has 0 radical (unpaired) electrons. The van der Waals surface area contributed by atoms with E-state index in [0.29, 0.717) is 0 Å². The Morgan fingerprint density at radius 2 is 2.05 bits per heavy atom. The zero-order valence-corrected chi connectivity index (χ0v) is 14.1. The lowest BCUT2D eigenvalue weighted by atomic mass is 10.2. The third kappa shape index (κ3) is 4.25. The molecule has 0 saturated heterocycles. The van der Waals surface area contributed by atoms with E-state index < -0.39 is 0 Å². The van der Waals surface area contributed by atoms with E-state index in [1.807, 2.05) is 5.51 Å². The number of aromatic nitrogens is 2. The number of hydrogen-bond donors (Lipinski definition) is 1. The molecule has 0 saturated carbocycles. The van der Waals surface area contributed by atoms with Crippen molar-refractivity contribution >= 4 is 17.2 Å². The second-order valence-electron chi connectivity index (χ2n) is 5.31. The van der Waals surface area contributed by atoms with Gasteiger partial charge in [-0.1, -0.05) is 13.0 Å². The maximum Gasteiger partial charge on any atom is 0.128 e. The molecule has 114 valence electrons. The van der Waals surface area contributed by atoms with Crippen LogP contribution in [0, 0.1) is 13.8 Å². The van der Waals surface area contributed by atoms with Gasteiger partial charge in [0.05, 0.1) is 17.7 Å². The molecule has 0 aromatic carbocycles. The lowest BCUT2D eigenvalue weighted by Crippen LogP contribution is -2.19. The van der Waals surface area contributed by atoms with Crippen LogP contribution in [0.4, 0.5) is 5.82 Å². The first-order chi connectivity index (χ1) is 10.1. The van der Waals surface area contributed by atoms with Crippen LogP contribution in [0.25, 0.3) is 0 Å². The SMILES string of the molecule is CCCNCc1ccc(N(C)Cc2scnc2C)nc1C. The summed E-state index contributed by atoms with van der Waals surface area (Å²) in [5.41, 5.74) is 5.39. The molecule has 0 bridgehead atoms. The van der Waals surface area contributed by atoms with Crippen molar-refractivity contribution in [1.82, 2.24) is 15.3 Å². The van der Waals surface area contributed by atoms with Crippen molar-refractivity contribution in [3.05, 3.63) is 39.5 Å². The van der Waals surface area contributed by atoms with Crippen molar-refractivity contribution < 1.29 is 0 Å². The van der Waals surface area contributed by atoms with Crippen LogP contribution >= 0.6 is 11.3 Å². The van der Waals surface area contributed by atoms with E-state index >= 15 is 0 Å². The average molecular weight is 304 g/mol. The zero-order valence-electron chi connectivity index (χ0n) is 13.3. The van der Waals surface area contributed by atoms with Gasteiger partial charge in [-0.25, -0.2) is 9.97 Å². The van der Waals surface area contributed by atoms with Crippen molar-refractivity contribution in [2.45, 2.75) is 40.3 Å². The third-order valence-electron chi connectivity index (χ3n) is 3.54. The minimum atomic E-state index is 0.858. The summed E-state index contributed by atoms with van der Waals surface area (Å²) in [6.45, 7) is 9.11. The molecule has 1 N–H and O–H groups in total. The first-order valence-corrected chi connectivity index (χ1v) is 8.27. The molecule has 0 fully saturated rings. The summed E-state index contributed by atoms with van der Waals surface area (Å²) in [6.07, 6.45) is 1.15. The van der Waals surface area contributed by atoms with Crippen molar-refractivity contribution in [3.8, 4) is 0 Å². The topological polar surface area (TPSA) is 41.0 Å². The maximum atomic E-state index is 4.73.